The van der Waals surface area contributed by atoms with Gasteiger partial charge in [0.1, 0.15) is 11.8 Å². The van der Waals surface area contributed by atoms with E-state index in [4.69, 9.17) is 31.4 Å². The number of aromatic amines is 1. The van der Waals surface area contributed by atoms with Gasteiger partial charge in [-0.25, -0.2) is 29.3 Å². The quantitative estimate of drug-likeness (QED) is 0.162. The number of benzene rings is 1. The number of H-pyrrole nitrogens is 1. The van der Waals surface area contributed by atoms with E-state index in [-0.39, 0.29) is 12.1 Å². The Morgan fingerprint density at radius 3 is 2.12 bits per heavy atom. The maximum atomic E-state index is 11.4. The molecule has 0 radical (unpaired) electrons. The first-order valence-electron chi connectivity index (χ1n) is 13.6. The minimum absolute atomic E-state index is 0.00626. The molecule has 1 aromatic carbocycles. The third-order valence-corrected chi connectivity index (χ3v) is 7.31. The summed E-state index contributed by atoms with van der Waals surface area (Å²) in [4.78, 5) is 53.5. The zero-order valence-electron chi connectivity index (χ0n) is 24.8. The molecule has 0 spiro atoms. The molecule has 48 heavy (non-hydrogen) atoms. The van der Waals surface area contributed by atoms with Crippen LogP contribution >= 0.6 is 11.6 Å². The highest BCUT2D eigenvalue weighted by molar-refractivity contribution is 6.36. The number of hydrogen-bond donors (Lipinski definition) is 5. The summed E-state index contributed by atoms with van der Waals surface area (Å²) in [6, 6.07) is 5.67. The summed E-state index contributed by atoms with van der Waals surface area (Å²) < 4.78 is 63.5. The zero-order chi connectivity index (χ0) is 36.0. The fourth-order valence-corrected chi connectivity index (χ4v) is 4.92. The van der Waals surface area contributed by atoms with Crippen molar-refractivity contribution in [1.82, 2.24) is 29.8 Å². The van der Waals surface area contributed by atoms with Gasteiger partial charge in [0.15, 0.2) is 11.5 Å². The van der Waals surface area contributed by atoms with Crippen molar-refractivity contribution in [1.29, 1.82) is 0 Å². The smallest absolute Gasteiger partial charge is 0.475 e. The first-order chi connectivity index (χ1) is 22.3. The molecule has 1 amide bonds. The molecule has 3 aromatic heterocycles. The number of carbonyl (C=O) groups is 3. The van der Waals surface area contributed by atoms with Crippen LogP contribution in [0.4, 0.5) is 42.6 Å². The Balaban J connectivity index is 0.000000376. The Morgan fingerprint density at radius 2 is 1.58 bits per heavy atom. The molecule has 4 heterocycles. The fraction of sp³-hybridized carbons (Fsp3) is 0.370. The second kappa shape index (κ2) is 15.2. The van der Waals surface area contributed by atoms with E-state index in [9.17, 15) is 36.2 Å². The Morgan fingerprint density at radius 1 is 1.00 bits per heavy atom. The van der Waals surface area contributed by atoms with E-state index < -0.39 is 30.4 Å². The molecule has 1 atom stereocenters. The van der Waals surface area contributed by atoms with Gasteiger partial charge < -0.3 is 35.4 Å². The minimum Gasteiger partial charge on any atom is -0.475 e. The van der Waals surface area contributed by atoms with Crippen molar-refractivity contribution in [3.63, 3.8) is 0 Å². The molecule has 14 nitrogen and oxygen atoms in total. The lowest BCUT2D eigenvalue weighted by molar-refractivity contribution is -0.193. The van der Waals surface area contributed by atoms with Crippen LogP contribution in [0.15, 0.2) is 37.1 Å². The third-order valence-electron chi connectivity index (χ3n) is 7.00. The van der Waals surface area contributed by atoms with Gasteiger partial charge >= 0.3 is 30.4 Å². The Kier molecular flexibility index (Phi) is 11.8. The van der Waals surface area contributed by atoms with Gasteiger partial charge in [-0.15, -0.1) is 0 Å². The van der Waals surface area contributed by atoms with Crippen LogP contribution in [0.3, 0.4) is 0 Å². The van der Waals surface area contributed by atoms with Crippen molar-refractivity contribution in [2.75, 3.05) is 30.4 Å². The first-order valence-corrected chi connectivity index (χ1v) is 14.0. The second-order valence-corrected chi connectivity index (χ2v) is 10.5. The number of fused-ring (bicyclic) bond motifs is 2. The van der Waals surface area contributed by atoms with Gasteiger partial charge in [0, 0.05) is 43.3 Å². The zero-order valence-corrected chi connectivity index (χ0v) is 25.6. The molecule has 21 heteroatoms. The van der Waals surface area contributed by atoms with Gasteiger partial charge in [-0.2, -0.15) is 26.3 Å². The number of aromatic nitrogens is 5. The molecule has 1 aliphatic heterocycles. The van der Waals surface area contributed by atoms with E-state index in [1.807, 2.05) is 18.2 Å². The molecule has 1 aliphatic rings. The van der Waals surface area contributed by atoms with Gasteiger partial charge in [-0.05, 0) is 38.0 Å². The largest absolute Gasteiger partial charge is 0.490 e. The summed E-state index contributed by atoms with van der Waals surface area (Å²) in [6.07, 6.45) is -4.73. The highest BCUT2D eigenvalue weighted by atomic mass is 35.5. The van der Waals surface area contributed by atoms with E-state index >= 15 is 0 Å². The molecule has 4 aromatic rings. The Bertz CT molecular complexity index is 1740. The molecule has 0 bridgehead atoms. The van der Waals surface area contributed by atoms with Crippen LogP contribution in [0.5, 0.6) is 0 Å². The van der Waals surface area contributed by atoms with Crippen molar-refractivity contribution in [3.05, 3.63) is 47.6 Å². The van der Waals surface area contributed by atoms with Crippen LogP contribution in [-0.2, 0) is 9.59 Å². The molecule has 0 aliphatic carbocycles. The van der Waals surface area contributed by atoms with Crippen LogP contribution < -0.4 is 10.2 Å². The lowest BCUT2D eigenvalue weighted by Crippen LogP contribution is -2.45. The summed E-state index contributed by atoms with van der Waals surface area (Å²) in [5.74, 6) is -4.89. The summed E-state index contributed by atoms with van der Waals surface area (Å²) >= 11 is 6.70. The van der Waals surface area contributed by atoms with Crippen molar-refractivity contribution in [3.8, 4) is 0 Å². The van der Waals surface area contributed by atoms with Gasteiger partial charge in [0.05, 0.1) is 28.6 Å². The van der Waals surface area contributed by atoms with E-state index in [0.717, 1.165) is 35.0 Å². The molecule has 260 valence electrons. The number of alkyl halides is 6. The number of halogens is 7. The normalized spacial score (nSPS) is 14.3. The van der Waals surface area contributed by atoms with Crippen molar-refractivity contribution >= 4 is 63.2 Å². The van der Waals surface area contributed by atoms with Gasteiger partial charge in [-0.1, -0.05) is 11.6 Å². The molecule has 5 rings (SSSR count). The average molecular weight is 709 g/mol. The highest BCUT2D eigenvalue weighted by Crippen LogP contribution is 2.40. The number of anilines is 2. The number of nitrogens with one attached hydrogen (secondary N) is 2. The SMILES string of the molecule is CC(Nc1ncnc2[nH]cnc12)c1cc(Cl)c2cccnc2c1N1CCC(N(C)C(=O)O)CC1.O=C(O)C(F)(F)F.O=C(O)C(F)(F)F. The molecule has 1 saturated heterocycles. The summed E-state index contributed by atoms with van der Waals surface area (Å²) in [5, 5.41) is 28.6. The van der Waals surface area contributed by atoms with Crippen molar-refractivity contribution < 1.29 is 56.0 Å². The van der Waals surface area contributed by atoms with Crippen LogP contribution in [0.25, 0.3) is 22.1 Å². The van der Waals surface area contributed by atoms with Crippen LogP contribution in [0.1, 0.15) is 31.4 Å². The van der Waals surface area contributed by atoms with Crippen molar-refractivity contribution in [2.24, 2.45) is 0 Å². The number of amides is 1. The lowest BCUT2D eigenvalue weighted by atomic mass is 9.97. The molecule has 1 fully saturated rings. The van der Waals surface area contributed by atoms with Gasteiger partial charge in [-0.3, -0.25) is 4.98 Å². The molecular formula is C27H27ClF6N8O6. The number of pyridine rings is 1. The van der Waals surface area contributed by atoms with E-state index in [1.165, 1.54) is 11.2 Å². The van der Waals surface area contributed by atoms with Crippen LogP contribution in [-0.4, -0.2) is 102 Å². The summed E-state index contributed by atoms with van der Waals surface area (Å²) in [7, 11) is 1.64. The van der Waals surface area contributed by atoms with Crippen LogP contribution in [0.2, 0.25) is 5.02 Å². The fourth-order valence-electron chi connectivity index (χ4n) is 4.65. The van der Waals surface area contributed by atoms with Crippen LogP contribution in [0, 0.1) is 0 Å². The molecular weight excluding hydrogens is 682 g/mol. The predicted molar refractivity (Wildman–Crippen MR) is 159 cm³/mol. The monoisotopic (exact) mass is 708 g/mol. The molecule has 0 saturated carbocycles. The highest BCUT2D eigenvalue weighted by Gasteiger charge is 2.39. The van der Waals surface area contributed by atoms with E-state index in [1.54, 1.807) is 19.6 Å². The topological polar surface area (TPSA) is 198 Å². The van der Waals surface area contributed by atoms with E-state index in [0.29, 0.717) is 35.1 Å². The van der Waals surface area contributed by atoms with Crippen molar-refractivity contribution in [2.45, 2.75) is 44.2 Å². The summed E-state index contributed by atoms with van der Waals surface area (Å²) in [6.45, 7) is 3.48. The van der Waals surface area contributed by atoms with E-state index in [2.05, 4.69) is 42.1 Å². The molecule has 5 N–H and O–H groups in total. The third kappa shape index (κ3) is 9.23. The number of imidazole rings is 1. The van der Waals surface area contributed by atoms with Gasteiger partial charge in [0.25, 0.3) is 0 Å². The summed E-state index contributed by atoms with van der Waals surface area (Å²) in [5.41, 5.74) is 4.15. The number of rotatable bonds is 5. The number of piperidine rings is 1. The lowest BCUT2D eigenvalue weighted by Gasteiger charge is -2.38. The average Bonchev–Trinajstić information content (AvgIpc) is 3.51. The number of carboxylic acid groups (broad SMARTS) is 3. The number of hydrogen-bond acceptors (Lipinski definition) is 9. The predicted octanol–water partition coefficient (Wildman–Crippen LogP) is 5.57. The first kappa shape index (κ1) is 37.3. The Hall–Kier alpha value is -5.14. The maximum absolute atomic E-state index is 11.4. The Labute approximate surface area is 271 Å². The standard InChI is InChI=1S/C23H25ClN8O2.2C2HF3O2/c1-13(30-22-19-21(27-11-26-19)28-12-29-22)16-10-17(24)15-4-3-7-25-18(15)20(16)32-8-5-14(6-9-32)31(2)23(33)34;2*3-2(4,5)1(6)7/h3-4,7,10-14H,5-6,8-9H2,1-2H3,(H,33,34)(H2,26,27,28,29,30);2*(H,6,7). The van der Waals surface area contributed by atoms with Gasteiger partial charge in [0.2, 0.25) is 0 Å². The number of nitrogens with zero attached hydrogens (tertiary/aromatic N) is 6. The minimum atomic E-state index is -5.08. The maximum Gasteiger partial charge on any atom is 0.490 e. The number of carboxylic acids is 2. The molecule has 1 unspecified atom stereocenters. The second-order valence-electron chi connectivity index (χ2n) is 10.1. The number of aliphatic carboxylic acids is 2.